The first-order chi connectivity index (χ1) is 13.1. The molecule has 2 nitrogen and oxygen atoms in total. The summed E-state index contributed by atoms with van der Waals surface area (Å²) in [6.07, 6.45) is 4.29. The van der Waals surface area contributed by atoms with Crippen molar-refractivity contribution in [2.75, 3.05) is 11.4 Å². The number of rotatable bonds is 4. The van der Waals surface area contributed by atoms with Crippen molar-refractivity contribution >= 4 is 34.4 Å². The molecule has 1 aromatic heterocycles. The Morgan fingerprint density at radius 2 is 1.78 bits per heavy atom. The highest BCUT2D eigenvalue weighted by Gasteiger charge is 2.25. The van der Waals surface area contributed by atoms with Gasteiger partial charge in [0.25, 0.3) is 0 Å². The molecule has 0 unspecified atom stereocenters. The summed E-state index contributed by atoms with van der Waals surface area (Å²) in [6.45, 7) is 12.2. The highest BCUT2D eigenvalue weighted by atomic mass is 32.2. The second-order valence-corrected chi connectivity index (χ2v) is 8.08. The van der Waals surface area contributed by atoms with Crippen molar-refractivity contribution in [1.29, 1.82) is 0 Å². The van der Waals surface area contributed by atoms with Gasteiger partial charge in [0.15, 0.2) is 6.54 Å². The molecule has 0 spiro atoms. The summed E-state index contributed by atoms with van der Waals surface area (Å²) in [5, 5.41) is 2.54. The Kier molecular flexibility index (Phi) is 4.79. The van der Waals surface area contributed by atoms with Crippen molar-refractivity contribution in [3.8, 4) is 0 Å². The zero-order chi connectivity index (χ0) is 19.0. The van der Waals surface area contributed by atoms with E-state index >= 15 is 0 Å². The van der Waals surface area contributed by atoms with Crippen LogP contribution in [0.25, 0.3) is 17.0 Å². The Hall–Kier alpha value is -2.52. The van der Waals surface area contributed by atoms with Crippen LogP contribution in [0.2, 0.25) is 0 Å². The number of hydrogen-bond acceptors (Lipinski definition) is 2. The monoisotopic (exact) mass is 373 g/mol. The van der Waals surface area contributed by atoms with E-state index < -0.39 is 0 Å². The minimum Gasteiger partial charge on any atom is -0.335 e. The summed E-state index contributed by atoms with van der Waals surface area (Å²) in [5.74, 6) is 0. The maximum Gasteiger partial charge on any atom is 0.213 e. The average Bonchev–Trinajstić information content (AvgIpc) is 3.00. The molecule has 0 aliphatic carbocycles. The molecule has 27 heavy (non-hydrogen) atoms. The van der Waals surface area contributed by atoms with Crippen LogP contribution in [0.1, 0.15) is 23.7 Å². The molecular formula is C24H25N2S+. The number of hydrogen-bond donors (Lipinski definition) is 0. The predicted octanol–water partition coefficient (Wildman–Crippen LogP) is 5.86. The summed E-state index contributed by atoms with van der Waals surface area (Å²) in [5.41, 5.74) is 6.36. The third-order valence-electron chi connectivity index (χ3n) is 5.01. The summed E-state index contributed by atoms with van der Waals surface area (Å²) >= 11 is 1.86. The Balaban J connectivity index is 1.85. The lowest BCUT2D eigenvalue weighted by atomic mass is 10.1. The lowest BCUT2D eigenvalue weighted by Gasteiger charge is -2.18. The van der Waals surface area contributed by atoms with E-state index in [9.17, 15) is 0 Å². The number of anilines is 1. The van der Waals surface area contributed by atoms with Crippen LogP contribution >= 0.6 is 11.8 Å². The van der Waals surface area contributed by atoms with Gasteiger partial charge in [-0.05, 0) is 62.2 Å². The highest BCUT2D eigenvalue weighted by molar-refractivity contribution is 8.03. The fourth-order valence-electron chi connectivity index (χ4n) is 3.66. The van der Waals surface area contributed by atoms with E-state index in [1.165, 1.54) is 43.3 Å². The first-order valence-corrected chi connectivity index (χ1v) is 10.2. The molecule has 2 heterocycles. The van der Waals surface area contributed by atoms with Gasteiger partial charge in [-0.25, -0.2) is 0 Å². The molecule has 1 aliphatic rings. The third kappa shape index (κ3) is 3.28. The van der Waals surface area contributed by atoms with Crippen molar-refractivity contribution in [2.45, 2.75) is 32.2 Å². The smallest absolute Gasteiger partial charge is 0.213 e. The lowest BCUT2D eigenvalue weighted by Crippen LogP contribution is -2.37. The number of thioether (sulfide) groups is 1. The van der Waals surface area contributed by atoms with E-state index in [0.29, 0.717) is 0 Å². The minimum absolute atomic E-state index is 0.794. The molecule has 0 saturated heterocycles. The molecule has 1 aliphatic heterocycles. The minimum atomic E-state index is 0.794. The zero-order valence-corrected chi connectivity index (χ0v) is 17.0. The van der Waals surface area contributed by atoms with Crippen LogP contribution in [0.3, 0.4) is 0 Å². The molecule has 0 N–H and O–H groups in total. The van der Waals surface area contributed by atoms with Gasteiger partial charge in [0.05, 0.1) is 10.7 Å². The van der Waals surface area contributed by atoms with E-state index in [2.05, 4.69) is 91.4 Å². The van der Waals surface area contributed by atoms with Gasteiger partial charge in [0.2, 0.25) is 11.2 Å². The Labute approximate surface area is 165 Å². The van der Waals surface area contributed by atoms with Crippen molar-refractivity contribution in [1.82, 2.24) is 0 Å². The van der Waals surface area contributed by atoms with Crippen LogP contribution in [0, 0.1) is 13.8 Å². The fourth-order valence-corrected chi connectivity index (χ4v) is 4.82. The van der Waals surface area contributed by atoms with Gasteiger partial charge in [-0.1, -0.05) is 30.5 Å². The van der Waals surface area contributed by atoms with Crippen LogP contribution in [0.4, 0.5) is 5.69 Å². The van der Waals surface area contributed by atoms with Crippen LogP contribution in [0.5, 0.6) is 0 Å². The van der Waals surface area contributed by atoms with Gasteiger partial charge < -0.3 is 4.90 Å². The lowest BCUT2D eigenvalue weighted by molar-refractivity contribution is -0.662. The van der Waals surface area contributed by atoms with Gasteiger partial charge >= 0.3 is 0 Å². The Morgan fingerprint density at radius 1 is 1.04 bits per heavy atom. The van der Waals surface area contributed by atoms with E-state index in [1.54, 1.807) is 0 Å². The summed E-state index contributed by atoms with van der Waals surface area (Å²) < 4.78 is 2.35. The molecular weight excluding hydrogens is 348 g/mol. The predicted molar refractivity (Wildman–Crippen MR) is 117 cm³/mol. The molecule has 0 radical (unpaired) electrons. The van der Waals surface area contributed by atoms with Crippen LogP contribution in [-0.2, 0) is 6.54 Å². The van der Waals surface area contributed by atoms with Gasteiger partial charge in [-0.15, -0.1) is 0 Å². The maximum atomic E-state index is 3.97. The van der Waals surface area contributed by atoms with E-state index in [1.807, 2.05) is 17.8 Å². The van der Waals surface area contributed by atoms with Gasteiger partial charge in [0, 0.05) is 35.0 Å². The molecule has 4 rings (SSSR count). The average molecular weight is 374 g/mol. The maximum absolute atomic E-state index is 3.97. The first kappa shape index (κ1) is 17.9. The van der Waals surface area contributed by atoms with Crippen LogP contribution in [0.15, 0.2) is 71.1 Å². The SMILES string of the molecule is C=CC[n+]1c(/C=C2\Sc3ccc(C)cc3N2CC)ccc2ccc(C)cc21. The highest BCUT2D eigenvalue weighted by Crippen LogP contribution is 2.46. The first-order valence-electron chi connectivity index (χ1n) is 9.42. The number of aromatic nitrogens is 1. The molecule has 0 saturated carbocycles. The van der Waals surface area contributed by atoms with Crippen molar-refractivity contribution in [3.05, 3.63) is 83.0 Å². The van der Waals surface area contributed by atoms with Gasteiger partial charge in [0.1, 0.15) is 0 Å². The molecule has 0 atom stereocenters. The van der Waals surface area contributed by atoms with Crippen molar-refractivity contribution in [2.24, 2.45) is 0 Å². The molecule has 0 bridgehead atoms. The van der Waals surface area contributed by atoms with E-state index in [4.69, 9.17) is 0 Å². The van der Waals surface area contributed by atoms with E-state index in [-0.39, 0.29) is 0 Å². The van der Waals surface area contributed by atoms with Crippen molar-refractivity contribution < 1.29 is 4.57 Å². The van der Waals surface area contributed by atoms with E-state index in [0.717, 1.165) is 13.1 Å². The van der Waals surface area contributed by atoms with Gasteiger partial charge in [-0.2, -0.15) is 4.57 Å². The number of aryl methyl sites for hydroxylation is 2. The molecule has 136 valence electrons. The second kappa shape index (κ2) is 7.24. The number of allylic oxidation sites excluding steroid dienone is 1. The van der Waals surface area contributed by atoms with Crippen LogP contribution in [-0.4, -0.2) is 6.54 Å². The summed E-state index contributed by atoms with van der Waals surface area (Å²) in [6, 6.07) is 17.8. The quantitative estimate of drug-likeness (QED) is 0.418. The summed E-state index contributed by atoms with van der Waals surface area (Å²) in [4.78, 5) is 3.74. The molecule has 0 amide bonds. The largest absolute Gasteiger partial charge is 0.335 e. The number of nitrogens with zero attached hydrogens (tertiary/aromatic N) is 2. The standard InChI is InChI=1S/C24H25N2S/c1-5-13-26-20(11-10-19-9-7-17(3)14-21(19)26)16-24-25(6-2)22-15-18(4)8-12-23(22)27-24/h5,7-12,14-16H,1,6,13H2,2-4H3/q+1. The third-order valence-corrected chi connectivity index (χ3v) is 6.12. The zero-order valence-electron chi connectivity index (χ0n) is 16.2. The van der Waals surface area contributed by atoms with Crippen molar-refractivity contribution in [3.63, 3.8) is 0 Å². The van der Waals surface area contributed by atoms with Crippen LogP contribution < -0.4 is 9.47 Å². The Morgan fingerprint density at radius 3 is 2.56 bits per heavy atom. The second-order valence-electron chi connectivity index (χ2n) is 7.02. The fraction of sp³-hybridized carbons (Fsp3) is 0.208. The normalized spacial score (nSPS) is 14.8. The summed E-state index contributed by atoms with van der Waals surface area (Å²) in [7, 11) is 0. The number of pyridine rings is 1. The molecule has 3 aromatic rings. The number of benzene rings is 2. The van der Waals surface area contributed by atoms with Gasteiger partial charge in [-0.3, -0.25) is 0 Å². The topological polar surface area (TPSA) is 7.12 Å². The Bertz CT molecular complexity index is 1070. The number of fused-ring (bicyclic) bond motifs is 2. The molecule has 3 heteroatoms. The molecule has 0 fully saturated rings. The molecule has 2 aromatic carbocycles.